The molecule has 0 aromatic carbocycles. The summed E-state index contributed by atoms with van der Waals surface area (Å²) < 4.78 is 5.79. The standard InChI is InChI=1S/C14H8O7S2/c15-8(16)3-21-10-9-7(23-12(10)14(19)20)2-5-1-6(13(17)18)4-22-11(5)9/h1-2,4H,3H2,(H,15,16)(H,17,18)(H,19,20). The first kappa shape index (κ1) is 15.3. The van der Waals surface area contributed by atoms with Gasteiger partial charge in [0.2, 0.25) is 0 Å². The minimum Gasteiger partial charge on any atom is -0.479 e. The first-order chi connectivity index (χ1) is 10.9. The molecule has 3 rings (SSSR count). The fourth-order valence-corrected chi connectivity index (χ4v) is 4.28. The second kappa shape index (κ2) is 5.52. The molecule has 1 aliphatic carbocycles. The number of rotatable bonds is 5. The van der Waals surface area contributed by atoms with E-state index in [1.807, 2.05) is 0 Å². The predicted molar refractivity (Wildman–Crippen MR) is 83.4 cm³/mol. The summed E-state index contributed by atoms with van der Waals surface area (Å²) in [5.41, 5.74) is 0.778. The molecule has 0 amide bonds. The molecule has 0 fully saturated rings. The fraction of sp³-hybridized carbons (Fsp3) is 0.0714. The zero-order chi connectivity index (χ0) is 16.7. The van der Waals surface area contributed by atoms with E-state index in [0.29, 0.717) is 20.5 Å². The van der Waals surface area contributed by atoms with Gasteiger partial charge in [0.1, 0.15) is 0 Å². The van der Waals surface area contributed by atoms with Gasteiger partial charge in [0.25, 0.3) is 0 Å². The van der Waals surface area contributed by atoms with Crippen LogP contribution in [0, 0.1) is 0 Å². The van der Waals surface area contributed by atoms with Crippen molar-refractivity contribution in [2.24, 2.45) is 0 Å². The van der Waals surface area contributed by atoms with Crippen LogP contribution in [0.3, 0.4) is 0 Å². The molecule has 0 unspecified atom stereocenters. The summed E-state index contributed by atoms with van der Waals surface area (Å²) in [6.07, 6.45) is 0. The van der Waals surface area contributed by atoms with Gasteiger partial charge < -0.3 is 20.1 Å². The summed E-state index contributed by atoms with van der Waals surface area (Å²) in [6.45, 7) is -0.656. The van der Waals surface area contributed by atoms with Crippen LogP contribution >= 0.6 is 22.7 Å². The van der Waals surface area contributed by atoms with Crippen molar-refractivity contribution >= 4 is 50.7 Å². The molecule has 1 aromatic rings. The maximum Gasteiger partial charge on any atom is 0.349 e. The first-order valence-corrected chi connectivity index (χ1v) is 7.87. The van der Waals surface area contributed by atoms with E-state index in [2.05, 4.69) is 0 Å². The van der Waals surface area contributed by atoms with E-state index in [-0.39, 0.29) is 16.2 Å². The fourth-order valence-electron chi connectivity index (χ4n) is 2.18. The van der Waals surface area contributed by atoms with Gasteiger partial charge in [0.05, 0.1) is 10.9 Å². The molecule has 7 nitrogen and oxygen atoms in total. The Labute approximate surface area is 136 Å². The van der Waals surface area contributed by atoms with Gasteiger partial charge >= 0.3 is 17.9 Å². The number of hydrogen-bond acceptors (Lipinski definition) is 6. The lowest BCUT2D eigenvalue weighted by atomic mass is 10.2. The highest BCUT2D eigenvalue weighted by molar-refractivity contribution is 7.22. The second-order valence-electron chi connectivity index (χ2n) is 4.56. The molecule has 1 aromatic heterocycles. The Bertz CT molecular complexity index is 921. The minimum atomic E-state index is -1.21. The van der Waals surface area contributed by atoms with Crippen molar-refractivity contribution < 1.29 is 34.4 Å². The van der Waals surface area contributed by atoms with Crippen LogP contribution in [0.4, 0.5) is 0 Å². The van der Waals surface area contributed by atoms with Crippen molar-refractivity contribution in [3.63, 3.8) is 0 Å². The molecule has 118 valence electrons. The highest BCUT2D eigenvalue weighted by Crippen LogP contribution is 2.48. The highest BCUT2D eigenvalue weighted by Gasteiger charge is 2.26. The van der Waals surface area contributed by atoms with Crippen LogP contribution in [0.5, 0.6) is 5.75 Å². The molecule has 0 saturated heterocycles. The number of carbonyl (C=O) groups is 3. The molecule has 0 bridgehead atoms. The highest BCUT2D eigenvalue weighted by atomic mass is 32.1. The van der Waals surface area contributed by atoms with Gasteiger partial charge in [-0.1, -0.05) is 0 Å². The summed E-state index contributed by atoms with van der Waals surface area (Å²) >= 11 is 2.11. The Balaban J connectivity index is 2.22. The number of carboxylic acid groups (broad SMARTS) is 3. The quantitative estimate of drug-likeness (QED) is 0.645. The van der Waals surface area contributed by atoms with Crippen LogP contribution in [0.15, 0.2) is 17.5 Å². The van der Waals surface area contributed by atoms with Crippen molar-refractivity contribution in [1.29, 1.82) is 0 Å². The average molecular weight is 352 g/mol. The number of aromatic carboxylic acids is 2. The number of thiophene rings is 1. The lowest BCUT2D eigenvalue weighted by molar-refractivity contribution is -0.139. The molecule has 0 spiro atoms. The zero-order valence-corrected chi connectivity index (χ0v) is 12.9. The lowest BCUT2D eigenvalue weighted by Crippen LogP contribution is -2.10. The summed E-state index contributed by atoms with van der Waals surface area (Å²) in [6, 6.07) is 3.17. The largest absolute Gasteiger partial charge is 0.479 e. The number of aliphatic carboxylic acids is 1. The van der Waals surface area contributed by atoms with Crippen LogP contribution in [0.1, 0.15) is 20.0 Å². The van der Waals surface area contributed by atoms with Gasteiger partial charge in [-0.15, -0.1) is 22.7 Å². The van der Waals surface area contributed by atoms with Crippen molar-refractivity contribution in [3.05, 3.63) is 28.0 Å². The molecule has 2 aliphatic rings. The van der Waals surface area contributed by atoms with E-state index in [4.69, 9.17) is 14.9 Å². The van der Waals surface area contributed by atoms with Gasteiger partial charge in [-0.25, -0.2) is 14.4 Å². The predicted octanol–water partition coefficient (Wildman–Crippen LogP) is 2.93. The Kier molecular flexibility index (Phi) is 3.66. The molecule has 2 heterocycles. The smallest absolute Gasteiger partial charge is 0.349 e. The van der Waals surface area contributed by atoms with Gasteiger partial charge in [0.15, 0.2) is 17.2 Å². The maximum absolute atomic E-state index is 11.3. The third-order valence-corrected chi connectivity index (χ3v) is 5.22. The van der Waals surface area contributed by atoms with Gasteiger partial charge in [-0.05, 0) is 17.7 Å². The first-order valence-electron chi connectivity index (χ1n) is 6.17. The number of hydrogen-bond donors (Lipinski definition) is 3. The minimum absolute atomic E-state index is 0.00854. The van der Waals surface area contributed by atoms with Crippen molar-refractivity contribution in [3.8, 4) is 16.2 Å². The number of ether oxygens (including phenoxy) is 1. The molecule has 23 heavy (non-hydrogen) atoms. The maximum atomic E-state index is 11.3. The van der Waals surface area contributed by atoms with Crippen LogP contribution in [0.25, 0.3) is 20.5 Å². The van der Waals surface area contributed by atoms with E-state index in [0.717, 1.165) is 22.7 Å². The van der Waals surface area contributed by atoms with Crippen molar-refractivity contribution in [2.45, 2.75) is 0 Å². The van der Waals surface area contributed by atoms with Crippen LogP contribution in [-0.4, -0.2) is 39.8 Å². The van der Waals surface area contributed by atoms with Crippen LogP contribution < -0.4 is 4.74 Å². The normalized spacial score (nSPS) is 11.0. The number of carboxylic acids is 3. The summed E-state index contributed by atoms with van der Waals surface area (Å²) in [4.78, 5) is 33.6. The zero-order valence-electron chi connectivity index (χ0n) is 11.2. The van der Waals surface area contributed by atoms with E-state index in [1.165, 1.54) is 11.4 Å². The molecule has 3 N–H and O–H groups in total. The van der Waals surface area contributed by atoms with Crippen LogP contribution in [0.2, 0.25) is 0 Å². The SMILES string of the molecule is O=C(O)COc1c(C(=O)O)sc2cc3cc(C(=O)O)csc-3c12. The van der Waals surface area contributed by atoms with Crippen molar-refractivity contribution in [1.82, 2.24) is 0 Å². The van der Waals surface area contributed by atoms with Gasteiger partial charge in [-0.3, -0.25) is 0 Å². The topological polar surface area (TPSA) is 121 Å². The summed E-state index contributed by atoms with van der Waals surface area (Å²) in [5, 5.41) is 29.0. The van der Waals surface area contributed by atoms with Gasteiger partial charge in [0, 0.05) is 15.0 Å². The van der Waals surface area contributed by atoms with Crippen LogP contribution in [-0.2, 0) is 4.79 Å². The molecule has 0 atom stereocenters. The monoisotopic (exact) mass is 352 g/mol. The third kappa shape index (κ3) is 2.60. The molecule has 1 aliphatic heterocycles. The number of fused-ring (bicyclic) bond motifs is 3. The lowest BCUT2D eigenvalue weighted by Gasteiger charge is -2.05. The van der Waals surface area contributed by atoms with Crippen molar-refractivity contribution in [2.75, 3.05) is 6.61 Å². The molecule has 0 saturated carbocycles. The summed E-state index contributed by atoms with van der Waals surface area (Å²) in [5.74, 6) is -3.46. The third-order valence-electron chi connectivity index (χ3n) is 3.06. The Morgan fingerprint density at radius 2 is 1.83 bits per heavy atom. The summed E-state index contributed by atoms with van der Waals surface area (Å²) in [7, 11) is 0. The Morgan fingerprint density at radius 1 is 1.09 bits per heavy atom. The Hall–Kier alpha value is -2.65. The Morgan fingerprint density at radius 3 is 2.43 bits per heavy atom. The van der Waals surface area contributed by atoms with E-state index in [9.17, 15) is 19.5 Å². The average Bonchev–Trinajstić information content (AvgIpc) is 2.99. The molecule has 0 radical (unpaired) electrons. The molecular formula is C14H8O7S2. The van der Waals surface area contributed by atoms with Gasteiger partial charge in [-0.2, -0.15) is 0 Å². The second-order valence-corrected chi connectivity index (χ2v) is 6.49. The van der Waals surface area contributed by atoms with E-state index < -0.39 is 24.5 Å². The molecule has 9 heteroatoms. The van der Waals surface area contributed by atoms with E-state index >= 15 is 0 Å². The molecular weight excluding hydrogens is 344 g/mol. The van der Waals surface area contributed by atoms with E-state index in [1.54, 1.807) is 6.07 Å².